The van der Waals surface area contributed by atoms with Gasteiger partial charge in [-0.25, -0.2) is 9.37 Å². The molecule has 0 aliphatic carbocycles. The number of aromatic nitrogens is 2. The molecule has 0 radical (unpaired) electrons. The highest BCUT2D eigenvalue weighted by Crippen LogP contribution is 2.29. The lowest BCUT2D eigenvalue weighted by atomic mass is 10.0. The standard InChI is InChI=1S/C22H24FN3O2S/c1-13-14(2)29-21-20(13)22(28)26(15(3)24-21)17-8-10-25(11-9-17)19(27)12-16-6-4-5-7-18(16)23/h4-7,17H,8-12H2,1-3H3. The first-order valence-corrected chi connectivity index (χ1v) is 10.7. The number of amides is 1. The summed E-state index contributed by atoms with van der Waals surface area (Å²) in [5.74, 6) is 0.300. The van der Waals surface area contributed by atoms with E-state index < -0.39 is 0 Å². The van der Waals surface area contributed by atoms with Crippen LogP contribution in [0.3, 0.4) is 0 Å². The molecule has 152 valence electrons. The summed E-state index contributed by atoms with van der Waals surface area (Å²) in [6.45, 7) is 6.98. The number of halogens is 1. The third-order valence-corrected chi connectivity index (χ3v) is 6.99. The van der Waals surface area contributed by atoms with E-state index in [9.17, 15) is 14.0 Å². The second-order valence-electron chi connectivity index (χ2n) is 7.68. The number of rotatable bonds is 3. The molecule has 0 N–H and O–H groups in total. The normalized spacial score (nSPS) is 15.2. The molecule has 3 aromatic rings. The van der Waals surface area contributed by atoms with E-state index >= 15 is 0 Å². The molecule has 29 heavy (non-hydrogen) atoms. The molecule has 1 amide bonds. The molecule has 2 aromatic heterocycles. The fourth-order valence-electron chi connectivity index (χ4n) is 4.13. The molecule has 3 heterocycles. The molecule has 0 unspecified atom stereocenters. The molecule has 4 rings (SSSR count). The van der Waals surface area contributed by atoms with E-state index in [1.165, 1.54) is 6.07 Å². The Labute approximate surface area is 172 Å². The first kappa shape index (κ1) is 19.8. The third-order valence-electron chi connectivity index (χ3n) is 5.89. The molecule has 1 aromatic carbocycles. The van der Waals surface area contributed by atoms with Crippen molar-refractivity contribution in [1.82, 2.24) is 14.5 Å². The first-order chi connectivity index (χ1) is 13.9. The van der Waals surface area contributed by atoms with E-state index in [2.05, 4.69) is 4.98 Å². The van der Waals surface area contributed by atoms with Crippen molar-refractivity contribution in [3.8, 4) is 0 Å². The Morgan fingerprint density at radius 1 is 1.21 bits per heavy atom. The lowest BCUT2D eigenvalue weighted by molar-refractivity contribution is -0.131. The molecular weight excluding hydrogens is 389 g/mol. The molecule has 0 atom stereocenters. The van der Waals surface area contributed by atoms with Crippen molar-refractivity contribution in [2.24, 2.45) is 0 Å². The number of nitrogens with zero attached hydrogens (tertiary/aromatic N) is 3. The van der Waals surface area contributed by atoms with Crippen molar-refractivity contribution in [2.45, 2.75) is 46.1 Å². The minimum atomic E-state index is -0.348. The van der Waals surface area contributed by atoms with Crippen molar-refractivity contribution < 1.29 is 9.18 Å². The fourth-order valence-corrected chi connectivity index (χ4v) is 5.19. The van der Waals surface area contributed by atoms with E-state index in [4.69, 9.17) is 0 Å². The van der Waals surface area contributed by atoms with E-state index in [1.807, 2.05) is 20.8 Å². The molecule has 7 heteroatoms. The van der Waals surface area contributed by atoms with Gasteiger partial charge in [-0.3, -0.25) is 14.2 Å². The Kier molecular flexibility index (Phi) is 5.25. The average molecular weight is 414 g/mol. The van der Waals surface area contributed by atoms with Gasteiger partial charge in [0.2, 0.25) is 5.91 Å². The van der Waals surface area contributed by atoms with Crippen LogP contribution < -0.4 is 5.56 Å². The summed E-state index contributed by atoms with van der Waals surface area (Å²) >= 11 is 1.56. The lowest BCUT2D eigenvalue weighted by Gasteiger charge is -2.33. The molecule has 1 saturated heterocycles. The monoisotopic (exact) mass is 413 g/mol. The van der Waals surface area contributed by atoms with Crippen LogP contribution in [0.4, 0.5) is 4.39 Å². The van der Waals surface area contributed by atoms with Crippen LogP contribution in [0.5, 0.6) is 0 Å². The van der Waals surface area contributed by atoms with Crippen LogP contribution in [0.2, 0.25) is 0 Å². The van der Waals surface area contributed by atoms with Crippen molar-refractivity contribution in [3.63, 3.8) is 0 Å². The Balaban J connectivity index is 1.51. The molecule has 0 bridgehead atoms. The molecule has 5 nitrogen and oxygen atoms in total. The number of carbonyl (C=O) groups excluding carboxylic acids is 1. The van der Waals surface area contributed by atoms with Crippen LogP contribution in [0, 0.1) is 26.6 Å². The first-order valence-electron chi connectivity index (χ1n) is 9.87. The van der Waals surface area contributed by atoms with Crippen molar-refractivity contribution in [1.29, 1.82) is 0 Å². The quantitative estimate of drug-likeness (QED) is 0.654. The summed E-state index contributed by atoms with van der Waals surface area (Å²) in [4.78, 5) is 34.2. The fraction of sp³-hybridized carbons (Fsp3) is 0.409. The van der Waals surface area contributed by atoms with E-state index in [1.54, 1.807) is 39.0 Å². The maximum Gasteiger partial charge on any atom is 0.262 e. The van der Waals surface area contributed by atoms with Gasteiger partial charge in [-0.05, 0) is 50.8 Å². The van der Waals surface area contributed by atoms with Crippen molar-refractivity contribution in [2.75, 3.05) is 13.1 Å². The molecular formula is C22H24FN3O2S. The Bertz CT molecular complexity index is 1140. The van der Waals surface area contributed by atoms with Crippen molar-refractivity contribution in [3.05, 3.63) is 62.3 Å². The predicted octanol–water partition coefficient (Wildman–Crippen LogP) is 3.93. The summed E-state index contributed by atoms with van der Waals surface area (Å²) in [7, 11) is 0. The molecule has 1 aliphatic heterocycles. The minimum absolute atomic E-state index is 0.0190. The van der Waals surface area contributed by atoms with Gasteiger partial charge in [0.1, 0.15) is 16.5 Å². The largest absolute Gasteiger partial charge is 0.342 e. The van der Waals surface area contributed by atoms with Gasteiger partial charge in [0.25, 0.3) is 5.56 Å². The van der Waals surface area contributed by atoms with Crippen molar-refractivity contribution >= 4 is 27.5 Å². The number of piperidine rings is 1. The summed E-state index contributed by atoms with van der Waals surface area (Å²) in [6.07, 6.45) is 1.45. The van der Waals surface area contributed by atoms with Crippen LogP contribution in [0.1, 0.15) is 40.7 Å². The van der Waals surface area contributed by atoms with Gasteiger partial charge in [0.15, 0.2) is 0 Å². The van der Waals surface area contributed by atoms with Crippen LogP contribution in [0.15, 0.2) is 29.1 Å². The van der Waals surface area contributed by atoms with Crippen LogP contribution in [-0.4, -0.2) is 33.4 Å². The number of hydrogen-bond donors (Lipinski definition) is 0. The van der Waals surface area contributed by atoms with E-state index in [0.29, 0.717) is 31.5 Å². The Morgan fingerprint density at radius 3 is 2.59 bits per heavy atom. The van der Waals surface area contributed by atoms with E-state index in [-0.39, 0.29) is 29.7 Å². The average Bonchev–Trinajstić information content (AvgIpc) is 2.97. The number of aryl methyl sites for hydroxylation is 3. The molecule has 1 aliphatic rings. The smallest absolute Gasteiger partial charge is 0.262 e. The number of benzene rings is 1. The van der Waals surface area contributed by atoms with Gasteiger partial charge in [-0.1, -0.05) is 18.2 Å². The van der Waals surface area contributed by atoms with Gasteiger partial charge < -0.3 is 4.90 Å². The highest BCUT2D eigenvalue weighted by molar-refractivity contribution is 7.18. The predicted molar refractivity (Wildman–Crippen MR) is 113 cm³/mol. The number of likely N-dealkylation sites (tertiary alicyclic amines) is 1. The zero-order chi connectivity index (χ0) is 20.7. The van der Waals surface area contributed by atoms with Gasteiger partial charge in [0, 0.05) is 24.0 Å². The lowest BCUT2D eigenvalue weighted by Crippen LogP contribution is -2.42. The number of hydrogen-bond acceptors (Lipinski definition) is 4. The van der Waals surface area contributed by atoms with Crippen LogP contribution >= 0.6 is 11.3 Å². The SMILES string of the molecule is Cc1sc2nc(C)n(C3CCN(C(=O)Cc4ccccc4F)CC3)c(=O)c2c1C. The molecule has 1 fully saturated rings. The molecule has 0 spiro atoms. The van der Waals surface area contributed by atoms with Crippen LogP contribution in [0.25, 0.3) is 10.2 Å². The maximum atomic E-state index is 13.8. The second kappa shape index (κ2) is 7.71. The minimum Gasteiger partial charge on any atom is -0.342 e. The van der Waals surface area contributed by atoms with Crippen LogP contribution in [-0.2, 0) is 11.2 Å². The summed E-state index contributed by atoms with van der Waals surface area (Å²) < 4.78 is 15.6. The zero-order valence-electron chi connectivity index (χ0n) is 16.9. The zero-order valence-corrected chi connectivity index (χ0v) is 17.7. The highest BCUT2D eigenvalue weighted by atomic mass is 32.1. The summed E-state index contributed by atoms with van der Waals surface area (Å²) in [6, 6.07) is 6.41. The summed E-state index contributed by atoms with van der Waals surface area (Å²) in [5, 5.41) is 0.719. The van der Waals surface area contributed by atoms with E-state index in [0.717, 1.165) is 26.5 Å². The Morgan fingerprint density at radius 2 is 1.90 bits per heavy atom. The second-order valence-corrected chi connectivity index (χ2v) is 8.88. The van der Waals surface area contributed by atoms with Gasteiger partial charge in [-0.15, -0.1) is 11.3 Å². The highest BCUT2D eigenvalue weighted by Gasteiger charge is 2.27. The molecule has 0 saturated carbocycles. The van der Waals surface area contributed by atoms with Gasteiger partial charge >= 0.3 is 0 Å². The number of fused-ring (bicyclic) bond motifs is 1. The third kappa shape index (κ3) is 3.59. The summed E-state index contributed by atoms with van der Waals surface area (Å²) in [5.41, 5.74) is 1.45. The topological polar surface area (TPSA) is 55.2 Å². The number of carbonyl (C=O) groups is 1. The Hall–Kier alpha value is -2.54. The van der Waals surface area contributed by atoms with Gasteiger partial charge in [0.05, 0.1) is 11.8 Å². The number of thiophene rings is 1. The maximum absolute atomic E-state index is 13.8. The van der Waals surface area contributed by atoms with Gasteiger partial charge in [-0.2, -0.15) is 0 Å².